The number of carbonyl (C=O) groups excluding carboxylic acids is 1. The van der Waals surface area contributed by atoms with Gasteiger partial charge in [-0.2, -0.15) is 4.57 Å². The predicted molar refractivity (Wildman–Crippen MR) is 82.3 cm³/mol. The molecule has 1 saturated heterocycles. The van der Waals surface area contributed by atoms with E-state index >= 15 is 0 Å². The standard InChI is InChI=1S/C14H17N4O7P/c15-13(21)9-2-1-4-17(6-9)14-12(20)11(19)10(25-14)7-24-26(22,23)18-5-3-16-8-18/h1-6,8,10-12,14,19-20H,7H2,(H2-,15,21,22,23)/t10-,11-,12-,14-/m1/s1. The summed E-state index contributed by atoms with van der Waals surface area (Å²) in [5.74, 6) is -0.667. The fraction of sp³-hybridized carbons (Fsp3) is 0.357. The summed E-state index contributed by atoms with van der Waals surface area (Å²) in [5, 5.41) is 20.3. The Morgan fingerprint density at radius 3 is 2.92 bits per heavy atom. The number of rotatable bonds is 6. The Hall–Kier alpha value is -2.14. The average molecular weight is 384 g/mol. The van der Waals surface area contributed by atoms with Crippen LogP contribution in [-0.4, -0.2) is 50.4 Å². The molecule has 0 bridgehead atoms. The summed E-state index contributed by atoms with van der Waals surface area (Å²) < 4.78 is 24.5. The van der Waals surface area contributed by atoms with Crippen molar-refractivity contribution in [2.24, 2.45) is 5.73 Å². The molecule has 1 aliphatic heterocycles. The lowest BCUT2D eigenvalue weighted by Gasteiger charge is -2.25. The van der Waals surface area contributed by atoms with Gasteiger partial charge >= 0.3 is 0 Å². The topological polar surface area (TPSA) is 164 Å². The van der Waals surface area contributed by atoms with Crippen LogP contribution in [0.4, 0.5) is 0 Å². The zero-order chi connectivity index (χ0) is 18.9. The number of aliphatic hydroxyl groups excluding tert-OH is 2. The van der Waals surface area contributed by atoms with Gasteiger partial charge in [0.1, 0.15) is 24.1 Å². The summed E-state index contributed by atoms with van der Waals surface area (Å²) in [6.45, 7) is -0.510. The van der Waals surface area contributed by atoms with Crippen LogP contribution in [0.1, 0.15) is 16.6 Å². The van der Waals surface area contributed by atoms with Crippen molar-refractivity contribution in [3.8, 4) is 0 Å². The second-order valence-corrected chi connectivity index (χ2v) is 7.31. The molecule has 3 heterocycles. The number of ether oxygens (including phenoxy) is 1. The van der Waals surface area contributed by atoms with Gasteiger partial charge in [-0.1, -0.05) is 0 Å². The van der Waals surface area contributed by atoms with Gasteiger partial charge in [0.25, 0.3) is 12.1 Å². The minimum atomic E-state index is -4.45. The van der Waals surface area contributed by atoms with E-state index in [1.807, 2.05) is 0 Å². The highest BCUT2D eigenvalue weighted by atomic mass is 31.2. The second-order valence-electron chi connectivity index (χ2n) is 5.66. The molecule has 12 heteroatoms. The summed E-state index contributed by atoms with van der Waals surface area (Å²) in [6.07, 6.45) is 1.49. The normalized spacial score (nSPS) is 28.0. The van der Waals surface area contributed by atoms with Crippen LogP contribution in [0.5, 0.6) is 0 Å². The highest BCUT2D eigenvalue weighted by molar-refractivity contribution is 7.49. The summed E-state index contributed by atoms with van der Waals surface area (Å²) in [6, 6.07) is 3.01. The number of nitrogens with zero attached hydrogens (tertiary/aromatic N) is 3. The molecule has 2 aromatic heterocycles. The Bertz CT molecular complexity index is 830. The first kappa shape index (κ1) is 18.6. The van der Waals surface area contributed by atoms with Crippen LogP contribution in [0, 0.1) is 0 Å². The van der Waals surface area contributed by atoms with E-state index in [2.05, 4.69) is 4.98 Å². The maximum absolute atomic E-state index is 12.0. The number of amides is 1. The van der Waals surface area contributed by atoms with Crippen LogP contribution in [0.3, 0.4) is 0 Å². The SMILES string of the molecule is NC(=O)c1ccc[n+]([C@@H]2O[C@H](COP(=O)([O-])n3ccnc3)[C@@H](O)[C@H]2O)c1. The summed E-state index contributed by atoms with van der Waals surface area (Å²) in [7, 11) is -4.45. The van der Waals surface area contributed by atoms with Crippen molar-refractivity contribution in [2.75, 3.05) is 6.61 Å². The quantitative estimate of drug-likeness (QED) is 0.377. The Labute approximate surface area is 147 Å². The van der Waals surface area contributed by atoms with E-state index in [0.717, 1.165) is 10.7 Å². The second kappa shape index (κ2) is 7.23. The number of aromatic nitrogens is 3. The van der Waals surface area contributed by atoms with Gasteiger partial charge in [0.05, 0.1) is 6.61 Å². The van der Waals surface area contributed by atoms with Crippen LogP contribution in [0.15, 0.2) is 43.2 Å². The summed E-state index contributed by atoms with van der Waals surface area (Å²) in [5.41, 5.74) is 5.40. The molecule has 3 rings (SSSR count). The van der Waals surface area contributed by atoms with Gasteiger partial charge in [-0.15, -0.1) is 0 Å². The molecular formula is C14H17N4O7P. The molecule has 5 atom stereocenters. The Balaban J connectivity index is 1.71. The van der Waals surface area contributed by atoms with E-state index in [0.29, 0.717) is 0 Å². The molecule has 0 spiro atoms. The van der Waals surface area contributed by atoms with E-state index < -0.39 is 44.8 Å². The van der Waals surface area contributed by atoms with Gasteiger partial charge in [-0.3, -0.25) is 13.7 Å². The lowest BCUT2D eigenvalue weighted by atomic mass is 10.1. The molecule has 26 heavy (non-hydrogen) atoms. The average Bonchev–Trinajstić information content (AvgIpc) is 3.24. The monoisotopic (exact) mass is 384 g/mol. The number of nitrogens with two attached hydrogens (primary N) is 1. The Morgan fingerprint density at radius 2 is 2.27 bits per heavy atom. The Kier molecular flexibility index (Phi) is 5.19. The Morgan fingerprint density at radius 1 is 1.50 bits per heavy atom. The van der Waals surface area contributed by atoms with Crippen molar-refractivity contribution >= 4 is 13.7 Å². The fourth-order valence-electron chi connectivity index (χ4n) is 2.54. The van der Waals surface area contributed by atoms with E-state index in [1.165, 1.54) is 41.5 Å². The molecule has 1 unspecified atom stereocenters. The van der Waals surface area contributed by atoms with Crippen molar-refractivity contribution in [1.29, 1.82) is 0 Å². The molecule has 0 aliphatic carbocycles. The van der Waals surface area contributed by atoms with Crippen LogP contribution >= 0.6 is 7.75 Å². The zero-order valence-electron chi connectivity index (χ0n) is 13.4. The van der Waals surface area contributed by atoms with E-state index in [-0.39, 0.29) is 5.56 Å². The zero-order valence-corrected chi connectivity index (χ0v) is 14.3. The van der Waals surface area contributed by atoms with Gasteiger partial charge in [-0.25, -0.2) is 4.98 Å². The van der Waals surface area contributed by atoms with E-state index in [9.17, 15) is 24.5 Å². The number of aliphatic hydroxyl groups is 2. The van der Waals surface area contributed by atoms with Crippen LogP contribution in [0.25, 0.3) is 0 Å². The molecular weight excluding hydrogens is 367 g/mol. The van der Waals surface area contributed by atoms with Crippen molar-refractivity contribution in [3.63, 3.8) is 0 Å². The van der Waals surface area contributed by atoms with Crippen LogP contribution < -0.4 is 15.2 Å². The number of imidazole rings is 1. The first-order chi connectivity index (χ1) is 12.3. The van der Waals surface area contributed by atoms with Crippen LogP contribution in [-0.2, 0) is 13.8 Å². The summed E-state index contributed by atoms with van der Waals surface area (Å²) in [4.78, 5) is 26.9. The fourth-order valence-corrected chi connectivity index (χ4v) is 3.42. The summed E-state index contributed by atoms with van der Waals surface area (Å²) >= 11 is 0. The third-order valence-electron chi connectivity index (χ3n) is 3.91. The third kappa shape index (κ3) is 3.68. The van der Waals surface area contributed by atoms with Gasteiger partial charge < -0.3 is 30.1 Å². The number of primary amides is 1. The molecule has 1 fully saturated rings. The van der Waals surface area contributed by atoms with Crippen molar-refractivity contribution in [1.82, 2.24) is 9.32 Å². The lowest BCUT2D eigenvalue weighted by Crippen LogP contribution is -2.46. The highest BCUT2D eigenvalue weighted by Crippen LogP contribution is 2.39. The smallest absolute Gasteiger partial charge is 0.292 e. The molecule has 4 N–H and O–H groups in total. The van der Waals surface area contributed by atoms with E-state index in [1.54, 1.807) is 0 Å². The molecule has 1 aliphatic rings. The largest absolute Gasteiger partial charge is 0.761 e. The molecule has 1 amide bonds. The predicted octanol–water partition coefficient (Wildman–Crippen LogP) is -2.08. The molecule has 0 radical (unpaired) electrons. The van der Waals surface area contributed by atoms with Gasteiger partial charge in [-0.05, 0) is 6.07 Å². The minimum Gasteiger partial charge on any atom is -0.761 e. The molecule has 11 nitrogen and oxygen atoms in total. The maximum Gasteiger partial charge on any atom is 0.292 e. The van der Waals surface area contributed by atoms with Gasteiger partial charge in [0, 0.05) is 18.5 Å². The highest BCUT2D eigenvalue weighted by Gasteiger charge is 2.48. The van der Waals surface area contributed by atoms with Crippen molar-refractivity contribution in [3.05, 3.63) is 48.8 Å². The molecule has 2 aromatic rings. The van der Waals surface area contributed by atoms with Crippen molar-refractivity contribution < 1.29 is 38.3 Å². The van der Waals surface area contributed by atoms with Gasteiger partial charge in [0.15, 0.2) is 18.5 Å². The first-order valence-corrected chi connectivity index (χ1v) is 9.06. The first-order valence-electron chi connectivity index (χ1n) is 7.56. The maximum atomic E-state index is 12.0. The number of hydrogen-bond acceptors (Lipinski definition) is 8. The molecule has 140 valence electrons. The number of pyridine rings is 1. The minimum absolute atomic E-state index is 0.182. The third-order valence-corrected chi connectivity index (χ3v) is 5.19. The van der Waals surface area contributed by atoms with E-state index in [4.69, 9.17) is 15.0 Å². The number of carbonyl (C=O) groups is 1. The van der Waals surface area contributed by atoms with Gasteiger partial charge in [0.2, 0.25) is 7.75 Å². The molecule has 0 aromatic carbocycles. The number of hydrogen-bond donors (Lipinski definition) is 3. The van der Waals surface area contributed by atoms with Crippen molar-refractivity contribution in [2.45, 2.75) is 24.5 Å². The van der Waals surface area contributed by atoms with Crippen LogP contribution in [0.2, 0.25) is 0 Å². The molecule has 0 saturated carbocycles. The lowest BCUT2D eigenvalue weighted by molar-refractivity contribution is -0.765.